The summed E-state index contributed by atoms with van der Waals surface area (Å²) in [5.74, 6) is 1.06. The Kier molecular flexibility index (Phi) is 7.82. The molecule has 0 radical (unpaired) electrons. The molecule has 1 aromatic carbocycles. The topological polar surface area (TPSA) is 88.7 Å². The number of amides is 1. The van der Waals surface area contributed by atoms with Gasteiger partial charge in [-0.3, -0.25) is 4.79 Å². The number of rotatable bonds is 9. The zero-order chi connectivity index (χ0) is 18.0. The molecule has 0 heterocycles. The van der Waals surface area contributed by atoms with E-state index in [1.54, 1.807) is 19.9 Å². The molecule has 0 aliphatic heterocycles. The van der Waals surface area contributed by atoms with Crippen LogP contribution in [0.15, 0.2) is 41.9 Å². The molecular formula is C18H28N4O2. The first-order valence-electron chi connectivity index (χ1n) is 8.04. The van der Waals surface area contributed by atoms with Gasteiger partial charge in [0.05, 0.1) is 12.0 Å². The third-order valence-electron chi connectivity index (χ3n) is 3.45. The van der Waals surface area contributed by atoms with Crippen molar-refractivity contribution < 1.29 is 9.53 Å². The van der Waals surface area contributed by atoms with E-state index in [0.717, 1.165) is 17.9 Å². The summed E-state index contributed by atoms with van der Waals surface area (Å²) in [4.78, 5) is 16.0. The summed E-state index contributed by atoms with van der Waals surface area (Å²) in [6, 6.07) is 7.75. The molecule has 4 N–H and O–H groups in total. The lowest BCUT2D eigenvalue weighted by molar-refractivity contribution is -0.125. The number of nitrogens with two attached hydrogens (primary N) is 1. The molecule has 6 heteroatoms. The van der Waals surface area contributed by atoms with E-state index in [1.165, 1.54) is 0 Å². The van der Waals surface area contributed by atoms with E-state index in [1.807, 2.05) is 31.2 Å². The second-order valence-corrected chi connectivity index (χ2v) is 6.00. The van der Waals surface area contributed by atoms with E-state index in [0.29, 0.717) is 25.7 Å². The zero-order valence-electron chi connectivity index (χ0n) is 14.8. The Labute approximate surface area is 144 Å². The van der Waals surface area contributed by atoms with Gasteiger partial charge in [-0.05, 0) is 26.8 Å². The largest absolute Gasteiger partial charge is 0.489 e. The Balaban J connectivity index is 2.79. The van der Waals surface area contributed by atoms with Crippen LogP contribution < -0.4 is 21.1 Å². The van der Waals surface area contributed by atoms with Crippen LogP contribution in [0.3, 0.4) is 0 Å². The minimum atomic E-state index is -0.652. The summed E-state index contributed by atoms with van der Waals surface area (Å²) in [7, 11) is 0. The van der Waals surface area contributed by atoms with Gasteiger partial charge in [0.1, 0.15) is 12.4 Å². The van der Waals surface area contributed by atoms with E-state index in [9.17, 15) is 4.79 Å². The van der Waals surface area contributed by atoms with Crippen LogP contribution in [0.4, 0.5) is 0 Å². The maximum Gasteiger partial charge on any atom is 0.224 e. The zero-order valence-corrected chi connectivity index (χ0v) is 14.8. The van der Waals surface area contributed by atoms with Crippen LogP contribution >= 0.6 is 0 Å². The first-order valence-corrected chi connectivity index (χ1v) is 8.04. The second-order valence-electron chi connectivity index (χ2n) is 6.00. The summed E-state index contributed by atoms with van der Waals surface area (Å²) in [5, 5.41) is 6.31. The number of hydrogen-bond acceptors (Lipinski definition) is 3. The van der Waals surface area contributed by atoms with Gasteiger partial charge < -0.3 is 21.1 Å². The Morgan fingerprint density at radius 1 is 1.38 bits per heavy atom. The predicted molar refractivity (Wildman–Crippen MR) is 97.9 cm³/mol. The molecule has 1 aromatic rings. The fraction of sp³-hybridized carbons (Fsp3) is 0.444. The first-order chi connectivity index (χ1) is 11.4. The van der Waals surface area contributed by atoms with Gasteiger partial charge in [-0.1, -0.05) is 30.9 Å². The van der Waals surface area contributed by atoms with Gasteiger partial charge in [0, 0.05) is 18.7 Å². The molecule has 1 rings (SSSR count). The summed E-state index contributed by atoms with van der Waals surface area (Å²) < 4.78 is 5.63. The Bertz CT molecular complexity index is 582. The van der Waals surface area contributed by atoms with Crippen molar-refractivity contribution in [2.45, 2.75) is 27.3 Å². The number of para-hydroxylation sites is 1. The highest BCUT2D eigenvalue weighted by atomic mass is 16.5. The number of aliphatic imine (C=N–C) groups is 1. The van der Waals surface area contributed by atoms with Crippen molar-refractivity contribution in [3.8, 4) is 5.75 Å². The third-order valence-corrected chi connectivity index (χ3v) is 3.45. The van der Waals surface area contributed by atoms with Crippen LogP contribution in [-0.4, -0.2) is 31.6 Å². The van der Waals surface area contributed by atoms with Crippen LogP contribution in [-0.2, 0) is 11.3 Å². The number of guanidine groups is 1. The number of nitrogens with zero attached hydrogens (tertiary/aromatic N) is 1. The Hall–Kier alpha value is -2.50. The van der Waals surface area contributed by atoms with Crippen molar-refractivity contribution in [3.63, 3.8) is 0 Å². The van der Waals surface area contributed by atoms with Crippen LogP contribution in [0.2, 0.25) is 0 Å². The third kappa shape index (κ3) is 6.32. The minimum absolute atomic E-state index is 0.353. The molecule has 0 spiro atoms. The van der Waals surface area contributed by atoms with Crippen molar-refractivity contribution >= 4 is 11.9 Å². The maximum atomic E-state index is 11.4. The number of hydrogen-bond donors (Lipinski definition) is 3. The highest BCUT2D eigenvalue weighted by Gasteiger charge is 2.24. The van der Waals surface area contributed by atoms with Crippen molar-refractivity contribution in [1.82, 2.24) is 10.6 Å². The van der Waals surface area contributed by atoms with Gasteiger partial charge in [-0.15, -0.1) is 0 Å². The van der Waals surface area contributed by atoms with Crippen molar-refractivity contribution in [3.05, 3.63) is 42.5 Å². The standard InChI is InChI=1S/C18H28N4O2/c1-5-11-24-15-10-8-7-9-14(15)12-21-17(20-6-2)22-13-18(3,4)16(19)23/h5,7-10H,1,6,11-13H2,2-4H3,(H2,19,23)(H2,20,21,22). The second kappa shape index (κ2) is 9.60. The fourth-order valence-corrected chi connectivity index (χ4v) is 1.82. The quantitative estimate of drug-likeness (QED) is 0.366. The van der Waals surface area contributed by atoms with E-state index in [4.69, 9.17) is 10.5 Å². The molecule has 1 amide bonds. The molecule has 0 saturated heterocycles. The van der Waals surface area contributed by atoms with E-state index in [-0.39, 0.29) is 5.91 Å². The average molecular weight is 332 g/mol. The number of primary amides is 1. The first kappa shape index (κ1) is 19.5. The van der Waals surface area contributed by atoms with Crippen LogP contribution in [0.5, 0.6) is 5.75 Å². The highest BCUT2D eigenvalue weighted by Crippen LogP contribution is 2.19. The summed E-state index contributed by atoms with van der Waals surface area (Å²) in [6.45, 7) is 11.3. The molecule has 24 heavy (non-hydrogen) atoms. The molecule has 0 bridgehead atoms. The van der Waals surface area contributed by atoms with Gasteiger partial charge in [-0.25, -0.2) is 4.99 Å². The van der Waals surface area contributed by atoms with Crippen molar-refractivity contribution in [1.29, 1.82) is 0 Å². The highest BCUT2D eigenvalue weighted by molar-refractivity contribution is 5.83. The number of benzene rings is 1. The molecule has 0 unspecified atom stereocenters. The molecule has 0 fully saturated rings. The predicted octanol–water partition coefficient (Wildman–Crippen LogP) is 1.82. The monoisotopic (exact) mass is 332 g/mol. The summed E-state index contributed by atoms with van der Waals surface area (Å²) in [5.41, 5.74) is 5.72. The molecule has 0 atom stereocenters. The lowest BCUT2D eigenvalue weighted by Crippen LogP contribution is -2.46. The molecule has 0 aromatic heterocycles. The lowest BCUT2D eigenvalue weighted by Gasteiger charge is -2.22. The number of carbonyl (C=O) groups excluding carboxylic acids is 1. The van der Waals surface area contributed by atoms with E-state index in [2.05, 4.69) is 22.2 Å². The lowest BCUT2D eigenvalue weighted by atomic mass is 9.93. The molecule has 0 aliphatic carbocycles. The maximum absolute atomic E-state index is 11.4. The minimum Gasteiger partial charge on any atom is -0.489 e. The number of carbonyl (C=O) groups is 1. The SMILES string of the molecule is C=CCOc1ccccc1CN=C(NCC)NCC(C)(C)C(N)=O. The van der Waals surface area contributed by atoms with E-state index < -0.39 is 5.41 Å². The molecule has 0 saturated carbocycles. The summed E-state index contributed by atoms with van der Waals surface area (Å²) >= 11 is 0. The normalized spacial score (nSPS) is 11.7. The summed E-state index contributed by atoms with van der Waals surface area (Å²) in [6.07, 6.45) is 1.71. The fourth-order valence-electron chi connectivity index (χ4n) is 1.82. The van der Waals surface area contributed by atoms with Crippen molar-refractivity contribution in [2.24, 2.45) is 16.1 Å². The van der Waals surface area contributed by atoms with Gasteiger partial charge in [0.2, 0.25) is 5.91 Å². The molecule has 132 valence electrons. The van der Waals surface area contributed by atoms with Gasteiger partial charge in [0.25, 0.3) is 0 Å². The van der Waals surface area contributed by atoms with Gasteiger partial charge in [0.15, 0.2) is 5.96 Å². The number of nitrogens with one attached hydrogen (secondary N) is 2. The van der Waals surface area contributed by atoms with Crippen LogP contribution in [0, 0.1) is 5.41 Å². The number of ether oxygens (including phenoxy) is 1. The molecular weight excluding hydrogens is 304 g/mol. The molecule has 0 aliphatic rings. The van der Waals surface area contributed by atoms with Crippen LogP contribution in [0.25, 0.3) is 0 Å². The van der Waals surface area contributed by atoms with E-state index >= 15 is 0 Å². The van der Waals surface area contributed by atoms with Gasteiger partial charge in [-0.2, -0.15) is 0 Å². The van der Waals surface area contributed by atoms with Crippen molar-refractivity contribution in [2.75, 3.05) is 19.7 Å². The smallest absolute Gasteiger partial charge is 0.224 e. The van der Waals surface area contributed by atoms with Gasteiger partial charge >= 0.3 is 0 Å². The van der Waals surface area contributed by atoms with Crippen LogP contribution in [0.1, 0.15) is 26.3 Å². The Morgan fingerprint density at radius 3 is 2.71 bits per heavy atom. The average Bonchev–Trinajstić information content (AvgIpc) is 2.56. The Morgan fingerprint density at radius 2 is 2.08 bits per heavy atom. The molecule has 6 nitrogen and oxygen atoms in total.